The molecule has 0 aromatic heterocycles. The molecule has 0 aliphatic heterocycles. The van der Waals surface area contributed by atoms with Crippen molar-refractivity contribution in [1.29, 1.82) is 0 Å². The molecule has 0 heterocycles. The molecular formula is C24H35NO10. The predicted octanol–water partition coefficient (Wildman–Crippen LogP) is 3.54. The van der Waals surface area contributed by atoms with Gasteiger partial charge in [-0.15, -0.1) is 0 Å². The molecule has 0 radical (unpaired) electrons. The van der Waals surface area contributed by atoms with E-state index < -0.39 is 36.5 Å². The molecule has 35 heavy (non-hydrogen) atoms. The van der Waals surface area contributed by atoms with Gasteiger partial charge < -0.3 is 34.2 Å². The molecule has 11 nitrogen and oxygen atoms in total. The number of esters is 2. The van der Waals surface area contributed by atoms with Crippen LogP contribution in [0.1, 0.15) is 53.5 Å². The van der Waals surface area contributed by atoms with Crippen LogP contribution in [0, 0.1) is 5.92 Å². The van der Waals surface area contributed by atoms with Gasteiger partial charge in [0.2, 0.25) is 0 Å². The summed E-state index contributed by atoms with van der Waals surface area (Å²) in [5.74, 6) is -1.13. The number of rotatable bonds is 12. The molecule has 1 rings (SSSR count). The molecule has 196 valence electrons. The fourth-order valence-corrected chi connectivity index (χ4v) is 2.71. The SMILES string of the molecule is CCOC(=O)Oc1ccc(C[C@H](N)C(=O)O[C@@H](C)[C@H](C)OC(=O)CC(C)C)cc1OC(=O)OCC. The molecule has 11 heteroatoms. The first kappa shape index (κ1) is 29.7. The monoisotopic (exact) mass is 497 g/mol. The summed E-state index contributed by atoms with van der Waals surface area (Å²) < 4.78 is 30.3. The molecule has 1 aromatic rings. The van der Waals surface area contributed by atoms with E-state index in [1.165, 1.54) is 12.1 Å². The van der Waals surface area contributed by atoms with Crippen molar-refractivity contribution in [3.63, 3.8) is 0 Å². The van der Waals surface area contributed by atoms with Gasteiger partial charge in [0.15, 0.2) is 11.5 Å². The highest BCUT2D eigenvalue weighted by atomic mass is 16.7. The summed E-state index contributed by atoms with van der Waals surface area (Å²) in [5, 5.41) is 0. The summed E-state index contributed by atoms with van der Waals surface area (Å²) in [5.41, 5.74) is 6.50. The van der Waals surface area contributed by atoms with Crippen LogP contribution in [0.25, 0.3) is 0 Å². The Balaban J connectivity index is 2.85. The highest BCUT2D eigenvalue weighted by molar-refractivity contribution is 5.76. The number of hydrogen-bond donors (Lipinski definition) is 1. The maximum atomic E-state index is 12.5. The van der Waals surface area contributed by atoms with E-state index in [-0.39, 0.29) is 49.4 Å². The lowest BCUT2D eigenvalue weighted by Crippen LogP contribution is -2.39. The second-order valence-electron chi connectivity index (χ2n) is 8.10. The molecule has 0 aliphatic carbocycles. The summed E-state index contributed by atoms with van der Waals surface area (Å²) in [7, 11) is 0. The molecule has 0 saturated carbocycles. The van der Waals surface area contributed by atoms with Gasteiger partial charge in [-0.2, -0.15) is 0 Å². The Labute approximate surface area is 205 Å². The average Bonchev–Trinajstić information content (AvgIpc) is 2.75. The lowest BCUT2D eigenvalue weighted by atomic mass is 10.1. The number of nitrogens with two attached hydrogens (primary N) is 1. The fourth-order valence-electron chi connectivity index (χ4n) is 2.71. The Kier molecular flexibility index (Phi) is 12.6. The third kappa shape index (κ3) is 11.1. The molecule has 2 N–H and O–H groups in total. The van der Waals surface area contributed by atoms with Crippen LogP contribution in [0.4, 0.5) is 9.59 Å². The molecule has 0 unspecified atom stereocenters. The van der Waals surface area contributed by atoms with E-state index in [1.54, 1.807) is 33.8 Å². The van der Waals surface area contributed by atoms with Crippen molar-refractivity contribution in [1.82, 2.24) is 0 Å². The van der Waals surface area contributed by atoms with Crippen LogP contribution in [-0.4, -0.2) is 55.7 Å². The quantitative estimate of drug-likeness (QED) is 0.256. The number of carbonyl (C=O) groups is 4. The molecular weight excluding hydrogens is 462 g/mol. The van der Waals surface area contributed by atoms with Crippen molar-refractivity contribution in [2.45, 2.75) is 72.6 Å². The van der Waals surface area contributed by atoms with Crippen molar-refractivity contribution >= 4 is 24.2 Å². The van der Waals surface area contributed by atoms with Crippen LogP contribution in [0.5, 0.6) is 11.5 Å². The third-order valence-corrected chi connectivity index (χ3v) is 4.53. The largest absolute Gasteiger partial charge is 0.513 e. The Morgan fingerprint density at radius 1 is 0.829 bits per heavy atom. The second kappa shape index (κ2) is 14.8. The van der Waals surface area contributed by atoms with Gasteiger partial charge in [-0.05, 0) is 57.7 Å². The molecule has 3 atom stereocenters. The minimum absolute atomic E-state index is 0.0198. The van der Waals surface area contributed by atoms with Gasteiger partial charge in [0.25, 0.3) is 0 Å². The van der Waals surface area contributed by atoms with Crippen LogP contribution in [0.15, 0.2) is 18.2 Å². The molecule has 0 bridgehead atoms. The summed E-state index contributed by atoms with van der Waals surface area (Å²) in [6, 6.07) is 3.23. The van der Waals surface area contributed by atoms with Crippen molar-refractivity contribution < 1.29 is 47.6 Å². The first-order valence-corrected chi connectivity index (χ1v) is 11.4. The van der Waals surface area contributed by atoms with E-state index in [9.17, 15) is 19.2 Å². The Morgan fingerprint density at radius 2 is 1.37 bits per heavy atom. The standard InChI is InChI=1S/C24H35NO10/c1-7-30-23(28)34-19-10-9-17(13-20(19)35-24(29)31-8-2)12-18(25)22(27)33-16(6)15(5)32-21(26)11-14(3)4/h9-10,13-16,18H,7-8,11-12,25H2,1-6H3/t15-,16-,18-/m0/s1. The van der Waals surface area contributed by atoms with E-state index in [1.807, 2.05) is 13.8 Å². The van der Waals surface area contributed by atoms with Gasteiger partial charge in [0, 0.05) is 6.42 Å². The van der Waals surface area contributed by atoms with Crippen LogP contribution >= 0.6 is 0 Å². The number of benzene rings is 1. The first-order chi connectivity index (χ1) is 16.5. The van der Waals surface area contributed by atoms with Crippen molar-refractivity contribution in [2.24, 2.45) is 11.7 Å². The Morgan fingerprint density at radius 3 is 1.91 bits per heavy atom. The zero-order valence-corrected chi connectivity index (χ0v) is 21.0. The minimum Gasteiger partial charge on any atom is -0.459 e. The Hall–Kier alpha value is -3.34. The maximum absolute atomic E-state index is 12.5. The average molecular weight is 498 g/mol. The van der Waals surface area contributed by atoms with Gasteiger partial charge >= 0.3 is 24.2 Å². The van der Waals surface area contributed by atoms with E-state index in [4.69, 9.17) is 34.2 Å². The van der Waals surface area contributed by atoms with Crippen molar-refractivity contribution in [2.75, 3.05) is 13.2 Å². The van der Waals surface area contributed by atoms with Gasteiger partial charge in [-0.25, -0.2) is 9.59 Å². The molecule has 0 aliphatic rings. The van der Waals surface area contributed by atoms with E-state index in [0.29, 0.717) is 5.56 Å². The van der Waals surface area contributed by atoms with E-state index >= 15 is 0 Å². The zero-order chi connectivity index (χ0) is 26.5. The highest BCUT2D eigenvalue weighted by Gasteiger charge is 2.25. The van der Waals surface area contributed by atoms with Gasteiger partial charge in [0.1, 0.15) is 18.2 Å². The van der Waals surface area contributed by atoms with E-state index in [0.717, 1.165) is 0 Å². The number of carbonyl (C=O) groups excluding carboxylic acids is 4. The molecule has 0 saturated heterocycles. The summed E-state index contributed by atoms with van der Waals surface area (Å²) in [6.45, 7) is 10.4. The second-order valence-corrected chi connectivity index (χ2v) is 8.10. The summed E-state index contributed by atoms with van der Waals surface area (Å²) in [6.07, 6.45) is -3.07. The van der Waals surface area contributed by atoms with Gasteiger partial charge in [0.05, 0.1) is 13.2 Å². The number of hydrogen-bond acceptors (Lipinski definition) is 11. The molecule has 0 fully saturated rings. The van der Waals surface area contributed by atoms with Crippen molar-refractivity contribution in [3.05, 3.63) is 23.8 Å². The smallest absolute Gasteiger partial charge is 0.459 e. The van der Waals surface area contributed by atoms with Crippen LogP contribution in [-0.2, 0) is 35.0 Å². The third-order valence-electron chi connectivity index (χ3n) is 4.53. The fraction of sp³-hybridized carbons (Fsp3) is 0.583. The van der Waals surface area contributed by atoms with Crippen LogP contribution < -0.4 is 15.2 Å². The lowest BCUT2D eigenvalue weighted by Gasteiger charge is -2.23. The molecule has 0 spiro atoms. The topological polar surface area (TPSA) is 150 Å². The normalized spacial score (nSPS) is 13.3. The van der Waals surface area contributed by atoms with Gasteiger partial charge in [-0.1, -0.05) is 19.9 Å². The van der Waals surface area contributed by atoms with Crippen molar-refractivity contribution in [3.8, 4) is 11.5 Å². The number of ether oxygens (including phenoxy) is 6. The zero-order valence-electron chi connectivity index (χ0n) is 21.0. The Bertz CT molecular complexity index is 870. The van der Waals surface area contributed by atoms with Crippen LogP contribution in [0.3, 0.4) is 0 Å². The van der Waals surface area contributed by atoms with Gasteiger partial charge in [-0.3, -0.25) is 9.59 Å². The predicted molar refractivity (Wildman–Crippen MR) is 124 cm³/mol. The molecule has 0 amide bonds. The summed E-state index contributed by atoms with van der Waals surface area (Å²) in [4.78, 5) is 47.8. The lowest BCUT2D eigenvalue weighted by molar-refractivity contribution is -0.166. The van der Waals surface area contributed by atoms with Crippen LogP contribution in [0.2, 0.25) is 0 Å². The summed E-state index contributed by atoms with van der Waals surface area (Å²) >= 11 is 0. The van der Waals surface area contributed by atoms with E-state index in [2.05, 4.69) is 0 Å². The molecule has 1 aromatic carbocycles. The maximum Gasteiger partial charge on any atom is 0.513 e. The highest BCUT2D eigenvalue weighted by Crippen LogP contribution is 2.30. The minimum atomic E-state index is -1.07. The first-order valence-electron chi connectivity index (χ1n) is 11.4.